The molecular weight excluding hydrogens is 530 g/mol. The molecule has 0 spiro atoms. The standard InChI is InChI=1S/C30H36F2N6O3/c1-19-18-37(15-16-38(19)27(39)21-9-12-30(31,32)13-10-21)26-24-17-33-14-11-23(24)25(35-36-26)20-5-7-22(8-6-20)34-28(40)41-29(2,3)4/h5-8,11,14,17,19,21H,9-10,12-13,15-16,18H2,1-4H3,(H,34,40)/t19-/m0/s1. The molecule has 1 saturated heterocycles. The highest BCUT2D eigenvalue weighted by molar-refractivity contribution is 6.00. The molecule has 2 amide bonds. The molecule has 0 unspecified atom stereocenters. The number of carbonyl (C=O) groups is 2. The number of fused-ring (bicyclic) bond motifs is 1. The van der Waals surface area contributed by atoms with Gasteiger partial charge in [0, 0.05) is 78.9 Å². The summed E-state index contributed by atoms with van der Waals surface area (Å²) in [6.07, 6.45) is 2.99. The van der Waals surface area contributed by atoms with E-state index in [0.717, 1.165) is 16.3 Å². The van der Waals surface area contributed by atoms with Crippen LogP contribution in [0.5, 0.6) is 0 Å². The Kier molecular flexibility index (Phi) is 7.80. The molecule has 1 N–H and O–H groups in total. The maximum atomic E-state index is 13.6. The molecular formula is C30H36F2N6O3. The lowest BCUT2D eigenvalue weighted by atomic mass is 9.85. The summed E-state index contributed by atoms with van der Waals surface area (Å²) in [7, 11) is 0. The number of hydrogen-bond acceptors (Lipinski definition) is 7. The Balaban J connectivity index is 1.31. The quantitative estimate of drug-likeness (QED) is 0.420. The van der Waals surface area contributed by atoms with Crippen LogP contribution in [0.3, 0.4) is 0 Å². The number of ether oxygens (including phenoxy) is 1. The average Bonchev–Trinajstić information content (AvgIpc) is 2.91. The summed E-state index contributed by atoms with van der Waals surface area (Å²) >= 11 is 0. The third kappa shape index (κ3) is 6.55. The summed E-state index contributed by atoms with van der Waals surface area (Å²) < 4.78 is 32.5. The second kappa shape index (κ2) is 11.2. The molecule has 1 aliphatic carbocycles. The van der Waals surface area contributed by atoms with Crippen LogP contribution in [-0.4, -0.2) is 69.3 Å². The lowest BCUT2D eigenvalue weighted by Gasteiger charge is -2.42. The first-order valence-corrected chi connectivity index (χ1v) is 14.0. The zero-order chi connectivity index (χ0) is 29.4. The summed E-state index contributed by atoms with van der Waals surface area (Å²) in [5, 5.41) is 13.6. The molecule has 1 aliphatic heterocycles. The van der Waals surface area contributed by atoms with Gasteiger partial charge in [-0.2, -0.15) is 0 Å². The van der Waals surface area contributed by atoms with Gasteiger partial charge in [0.25, 0.3) is 0 Å². The van der Waals surface area contributed by atoms with Crippen LogP contribution in [0.25, 0.3) is 22.0 Å². The first-order chi connectivity index (χ1) is 19.4. The van der Waals surface area contributed by atoms with Crippen molar-refractivity contribution in [2.45, 2.75) is 70.9 Å². The smallest absolute Gasteiger partial charge is 0.412 e. The summed E-state index contributed by atoms with van der Waals surface area (Å²) in [4.78, 5) is 33.6. The summed E-state index contributed by atoms with van der Waals surface area (Å²) in [5.74, 6) is -2.32. The fourth-order valence-corrected chi connectivity index (χ4v) is 5.56. The van der Waals surface area contributed by atoms with Crippen LogP contribution in [0, 0.1) is 5.92 Å². The molecule has 0 radical (unpaired) electrons. The van der Waals surface area contributed by atoms with Crippen LogP contribution in [0.1, 0.15) is 53.4 Å². The molecule has 9 nitrogen and oxygen atoms in total. The molecule has 2 aliphatic rings. The van der Waals surface area contributed by atoms with Crippen molar-refractivity contribution in [3.8, 4) is 11.3 Å². The molecule has 3 heterocycles. The highest BCUT2D eigenvalue weighted by Gasteiger charge is 2.40. The van der Waals surface area contributed by atoms with Gasteiger partial charge in [-0.25, -0.2) is 13.6 Å². The van der Waals surface area contributed by atoms with Crippen LogP contribution in [-0.2, 0) is 9.53 Å². The number of aromatic nitrogens is 3. The molecule has 11 heteroatoms. The molecule has 1 saturated carbocycles. The zero-order valence-corrected chi connectivity index (χ0v) is 23.9. The molecule has 1 atom stereocenters. The number of pyridine rings is 1. The van der Waals surface area contributed by atoms with Crippen LogP contribution in [0.4, 0.5) is 25.1 Å². The molecule has 2 aromatic heterocycles. The molecule has 5 rings (SSSR count). The Morgan fingerprint density at radius 2 is 1.73 bits per heavy atom. The van der Waals surface area contributed by atoms with Gasteiger partial charge < -0.3 is 14.5 Å². The second-order valence-corrected chi connectivity index (χ2v) is 12.0. The van der Waals surface area contributed by atoms with Gasteiger partial charge in [0.15, 0.2) is 5.82 Å². The van der Waals surface area contributed by atoms with Gasteiger partial charge in [-0.15, -0.1) is 10.2 Å². The third-order valence-electron chi connectivity index (χ3n) is 7.64. The topological polar surface area (TPSA) is 101 Å². The van der Waals surface area contributed by atoms with Gasteiger partial charge in [0.05, 0.1) is 0 Å². The molecule has 218 valence electrons. The number of rotatable bonds is 4. The van der Waals surface area contributed by atoms with Crippen LogP contribution >= 0.6 is 0 Å². The Morgan fingerprint density at radius 3 is 2.39 bits per heavy atom. The van der Waals surface area contributed by atoms with E-state index >= 15 is 0 Å². The van der Waals surface area contributed by atoms with E-state index in [2.05, 4.69) is 25.4 Å². The zero-order valence-electron chi connectivity index (χ0n) is 23.9. The maximum absolute atomic E-state index is 13.6. The Labute approximate surface area is 238 Å². The van der Waals surface area contributed by atoms with Crippen LogP contribution in [0.2, 0.25) is 0 Å². The van der Waals surface area contributed by atoms with Gasteiger partial charge in [0.1, 0.15) is 11.3 Å². The Hall–Kier alpha value is -3.89. The fourth-order valence-electron chi connectivity index (χ4n) is 5.56. The minimum Gasteiger partial charge on any atom is -0.444 e. The lowest BCUT2D eigenvalue weighted by molar-refractivity contribution is -0.142. The minimum absolute atomic E-state index is 0.0230. The van der Waals surface area contributed by atoms with Gasteiger partial charge >= 0.3 is 6.09 Å². The number of piperazine rings is 1. The number of alkyl halides is 2. The van der Waals surface area contributed by atoms with Crippen LogP contribution in [0.15, 0.2) is 42.7 Å². The predicted molar refractivity (Wildman–Crippen MR) is 153 cm³/mol. The van der Waals surface area contributed by atoms with Gasteiger partial charge in [0.2, 0.25) is 11.8 Å². The van der Waals surface area contributed by atoms with E-state index < -0.39 is 17.6 Å². The molecule has 1 aromatic carbocycles. The molecule has 0 bridgehead atoms. The number of nitrogens with zero attached hydrogens (tertiary/aromatic N) is 5. The van der Waals surface area contributed by atoms with E-state index in [1.165, 1.54) is 0 Å². The van der Waals surface area contributed by atoms with Crippen molar-refractivity contribution < 1.29 is 23.1 Å². The van der Waals surface area contributed by atoms with Crippen molar-refractivity contribution in [1.29, 1.82) is 0 Å². The normalized spacial score (nSPS) is 19.7. The number of halogens is 2. The van der Waals surface area contributed by atoms with Crippen molar-refractivity contribution in [3.63, 3.8) is 0 Å². The number of benzene rings is 1. The summed E-state index contributed by atoms with van der Waals surface area (Å²) in [6, 6.07) is 9.10. The minimum atomic E-state index is -2.65. The van der Waals surface area contributed by atoms with Crippen molar-refractivity contribution in [1.82, 2.24) is 20.1 Å². The number of nitrogens with one attached hydrogen (secondary N) is 1. The number of amides is 2. The number of anilines is 2. The highest BCUT2D eigenvalue weighted by Crippen LogP contribution is 2.38. The Bertz CT molecular complexity index is 1420. The van der Waals surface area contributed by atoms with Crippen molar-refractivity contribution in [2.24, 2.45) is 5.92 Å². The van der Waals surface area contributed by atoms with Crippen molar-refractivity contribution in [2.75, 3.05) is 29.9 Å². The lowest BCUT2D eigenvalue weighted by Crippen LogP contribution is -2.56. The van der Waals surface area contributed by atoms with E-state index in [1.54, 1.807) is 45.3 Å². The average molecular weight is 567 g/mol. The third-order valence-corrected chi connectivity index (χ3v) is 7.64. The van der Waals surface area contributed by atoms with E-state index in [-0.39, 0.29) is 43.6 Å². The number of carbonyl (C=O) groups excluding carboxylic acids is 2. The van der Waals surface area contributed by atoms with Gasteiger partial charge in [-0.05, 0) is 58.7 Å². The first-order valence-electron chi connectivity index (χ1n) is 14.0. The van der Waals surface area contributed by atoms with E-state index in [1.807, 2.05) is 30.0 Å². The van der Waals surface area contributed by atoms with Crippen molar-refractivity contribution >= 4 is 34.3 Å². The predicted octanol–water partition coefficient (Wildman–Crippen LogP) is 5.90. The SMILES string of the molecule is C[C@H]1CN(c2nnc(-c3ccc(NC(=O)OC(C)(C)C)cc3)c3ccncc23)CCN1C(=O)C1CCC(F)(F)CC1. The van der Waals surface area contributed by atoms with E-state index in [0.29, 0.717) is 36.8 Å². The first kappa shape index (κ1) is 28.6. The van der Waals surface area contributed by atoms with E-state index in [4.69, 9.17) is 4.74 Å². The monoisotopic (exact) mass is 566 g/mol. The van der Waals surface area contributed by atoms with E-state index in [9.17, 15) is 18.4 Å². The molecule has 41 heavy (non-hydrogen) atoms. The van der Waals surface area contributed by atoms with Gasteiger partial charge in [-0.3, -0.25) is 15.1 Å². The summed E-state index contributed by atoms with van der Waals surface area (Å²) in [6.45, 7) is 9.00. The maximum Gasteiger partial charge on any atom is 0.412 e. The number of hydrogen-bond donors (Lipinski definition) is 1. The highest BCUT2D eigenvalue weighted by atomic mass is 19.3. The van der Waals surface area contributed by atoms with Crippen LogP contribution < -0.4 is 10.2 Å². The van der Waals surface area contributed by atoms with Gasteiger partial charge in [-0.1, -0.05) is 12.1 Å². The fraction of sp³-hybridized carbons (Fsp3) is 0.500. The van der Waals surface area contributed by atoms with Crippen molar-refractivity contribution in [3.05, 3.63) is 42.7 Å². The largest absolute Gasteiger partial charge is 0.444 e. The Morgan fingerprint density at radius 1 is 1.02 bits per heavy atom. The molecule has 2 fully saturated rings. The summed E-state index contributed by atoms with van der Waals surface area (Å²) in [5.41, 5.74) is 1.52. The molecule has 3 aromatic rings. The second-order valence-electron chi connectivity index (χ2n) is 12.0.